The normalized spacial score (nSPS) is 18.3. The van der Waals surface area contributed by atoms with E-state index in [-0.39, 0.29) is 35.1 Å². The molecule has 9 aromatic rings. The predicted molar refractivity (Wildman–Crippen MR) is 308 cm³/mol. The Morgan fingerprint density at radius 3 is 1.70 bits per heavy atom. The quantitative estimate of drug-likeness (QED) is 0.164. The number of benzene rings is 6. The lowest BCUT2D eigenvalue weighted by molar-refractivity contribution is 0.332. The zero-order chi connectivity index (χ0) is 49.5. The van der Waals surface area contributed by atoms with Crippen molar-refractivity contribution in [3.8, 4) is 11.6 Å². The van der Waals surface area contributed by atoms with E-state index in [0.717, 1.165) is 52.4 Å². The van der Waals surface area contributed by atoms with Crippen molar-refractivity contribution >= 4 is 118 Å². The molecule has 73 heavy (non-hydrogen) atoms. The number of aromatic nitrogens is 2. The molecule has 6 nitrogen and oxygen atoms in total. The second kappa shape index (κ2) is 14.8. The van der Waals surface area contributed by atoms with Gasteiger partial charge in [0.05, 0.1) is 5.69 Å². The summed E-state index contributed by atoms with van der Waals surface area (Å²) in [7, 11) is 0. The lowest BCUT2D eigenvalue weighted by atomic mass is 9.32. The first-order chi connectivity index (χ1) is 35.2. The zero-order valence-electron chi connectivity index (χ0n) is 43.0. The summed E-state index contributed by atoms with van der Waals surface area (Å²) in [6.07, 6.45) is 8.60. The molecule has 4 aliphatic heterocycles. The molecule has 356 valence electrons. The van der Waals surface area contributed by atoms with Crippen molar-refractivity contribution in [1.82, 2.24) is 9.97 Å². The maximum atomic E-state index is 6.83. The maximum Gasteiger partial charge on any atom is 0.266 e. The number of ether oxygens (including phenoxy) is 1. The van der Waals surface area contributed by atoms with Crippen LogP contribution >= 0.6 is 11.3 Å². The monoisotopic (exact) mass is 965 g/mol. The number of fused-ring (bicyclic) bond motifs is 12. The molecule has 0 fully saturated rings. The highest BCUT2D eigenvalue weighted by Gasteiger charge is 2.50. The van der Waals surface area contributed by atoms with E-state index in [9.17, 15) is 0 Å². The molecule has 2 aliphatic carbocycles. The smallest absolute Gasteiger partial charge is 0.266 e. The molecular weight excluding hydrogens is 908 g/mol. The van der Waals surface area contributed by atoms with Gasteiger partial charge in [-0.2, -0.15) is 0 Å². The summed E-state index contributed by atoms with van der Waals surface area (Å²) in [5, 5.41) is 1.25. The number of rotatable bonds is 3. The summed E-state index contributed by atoms with van der Waals surface area (Å²) in [4.78, 5) is 18.1. The maximum absolute atomic E-state index is 6.83. The molecule has 3 aromatic heterocycles. The largest absolute Gasteiger partial charge is 0.440 e. The van der Waals surface area contributed by atoms with E-state index in [2.05, 4.69) is 216 Å². The van der Waals surface area contributed by atoms with E-state index in [0.29, 0.717) is 5.88 Å². The van der Waals surface area contributed by atoms with E-state index in [4.69, 9.17) is 14.7 Å². The van der Waals surface area contributed by atoms with Gasteiger partial charge in [0.2, 0.25) is 5.88 Å². The molecule has 0 unspecified atom stereocenters. The number of para-hydroxylation sites is 2. The van der Waals surface area contributed by atoms with Crippen LogP contribution in [0.1, 0.15) is 103 Å². The Morgan fingerprint density at radius 2 is 1.03 bits per heavy atom. The fourth-order valence-electron chi connectivity index (χ4n) is 14.0. The Labute approximate surface area is 433 Å². The number of nitrogens with zero attached hydrogens (tertiary/aromatic N) is 5. The van der Waals surface area contributed by atoms with Crippen LogP contribution in [0, 0.1) is 0 Å². The van der Waals surface area contributed by atoms with Crippen LogP contribution in [0.3, 0.4) is 0 Å². The van der Waals surface area contributed by atoms with Crippen LogP contribution in [-0.4, -0.2) is 23.4 Å². The topological polar surface area (TPSA) is 44.7 Å². The SMILES string of the molecule is CC1(C)CCC(C)(C)c2cc(N3c4cc5c(cc4B4c6ccccc6Oc6nccc3c64)B3c4sc6ccccc6c4N(c4ccccc4)c4nccc(c43)N5c3ccc4c(c3)C(C)(C)CCC4(C)C)ccc21. The summed E-state index contributed by atoms with van der Waals surface area (Å²) in [5.41, 5.74) is 21.4. The molecule has 0 bridgehead atoms. The number of thiophene rings is 1. The average molecular weight is 966 g/mol. The van der Waals surface area contributed by atoms with E-state index < -0.39 is 0 Å². The zero-order valence-corrected chi connectivity index (χ0v) is 43.8. The van der Waals surface area contributed by atoms with Crippen LogP contribution < -0.4 is 51.5 Å². The van der Waals surface area contributed by atoms with Gasteiger partial charge in [0.25, 0.3) is 13.4 Å². The Balaban J connectivity index is 1.07. The molecule has 7 heterocycles. The summed E-state index contributed by atoms with van der Waals surface area (Å²) in [6.45, 7) is 19.3. The minimum Gasteiger partial charge on any atom is -0.440 e. The van der Waals surface area contributed by atoms with Gasteiger partial charge in [-0.3, -0.25) is 4.90 Å². The molecule has 9 heteroatoms. The van der Waals surface area contributed by atoms with Gasteiger partial charge in [-0.25, -0.2) is 9.97 Å². The number of pyridine rings is 2. The fourth-order valence-corrected chi connectivity index (χ4v) is 15.4. The van der Waals surface area contributed by atoms with Crippen molar-refractivity contribution in [3.63, 3.8) is 0 Å². The molecule has 0 saturated carbocycles. The van der Waals surface area contributed by atoms with Crippen LogP contribution in [0.15, 0.2) is 152 Å². The summed E-state index contributed by atoms with van der Waals surface area (Å²) in [5.74, 6) is 2.52. The van der Waals surface area contributed by atoms with Crippen LogP contribution in [0.25, 0.3) is 10.1 Å². The van der Waals surface area contributed by atoms with Crippen LogP contribution in [-0.2, 0) is 21.7 Å². The fraction of sp³-hybridized carbons (Fsp3) is 0.250. The van der Waals surface area contributed by atoms with Gasteiger partial charge in [0.1, 0.15) is 11.6 Å². The van der Waals surface area contributed by atoms with Gasteiger partial charge in [-0.1, -0.05) is 128 Å². The number of anilines is 9. The molecular formula is C64H57B2N5OS. The van der Waals surface area contributed by atoms with Crippen LogP contribution in [0.5, 0.6) is 11.6 Å². The van der Waals surface area contributed by atoms with Gasteiger partial charge in [0.15, 0.2) is 0 Å². The third-order valence-corrected chi connectivity index (χ3v) is 19.4. The molecule has 0 spiro atoms. The highest BCUT2D eigenvalue weighted by atomic mass is 32.1. The molecule has 0 N–H and O–H groups in total. The molecule has 0 amide bonds. The minimum atomic E-state index is -0.116. The van der Waals surface area contributed by atoms with Crippen molar-refractivity contribution in [2.75, 3.05) is 14.7 Å². The Bertz CT molecular complexity index is 3860. The van der Waals surface area contributed by atoms with E-state index >= 15 is 0 Å². The molecule has 6 aliphatic rings. The van der Waals surface area contributed by atoms with Crippen molar-refractivity contribution in [2.24, 2.45) is 0 Å². The van der Waals surface area contributed by atoms with Gasteiger partial charge >= 0.3 is 0 Å². The predicted octanol–water partition coefficient (Wildman–Crippen LogP) is 12.9. The Hall–Kier alpha value is -7.09. The summed E-state index contributed by atoms with van der Waals surface area (Å²) in [6, 6.07) is 52.9. The molecule has 0 saturated heterocycles. The van der Waals surface area contributed by atoms with E-state index in [1.165, 1.54) is 94.8 Å². The molecule has 0 atom stereocenters. The molecule has 0 radical (unpaired) electrons. The highest BCUT2D eigenvalue weighted by molar-refractivity contribution is 7.33. The van der Waals surface area contributed by atoms with E-state index in [1.54, 1.807) is 0 Å². The van der Waals surface area contributed by atoms with Crippen molar-refractivity contribution in [1.29, 1.82) is 0 Å². The van der Waals surface area contributed by atoms with Gasteiger partial charge in [-0.05, 0) is 158 Å². The van der Waals surface area contributed by atoms with E-state index in [1.807, 2.05) is 17.5 Å². The van der Waals surface area contributed by atoms with Crippen LogP contribution in [0.4, 0.5) is 51.3 Å². The number of hydrogen-bond acceptors (Lipinski definition) is 7. The Morgan fingerprint density at radius 1 is 0.466 bits per heavy atom. The first kappa shape index (κ1) is 43.5. The van der Waals surface area contributed by atoms with Crippen LogP contribution in [0.2, 0.25) is 0 Å². The van der Waals surface area contributed by atoms with Gasteiger partial charge in [-0.15, -0.1) is 11.3 Å². The average Bonchev–Trinajstić information content (AvgIpc) is 3.78. The van der Waals surface area contributed by atoms with Crippen molar-refractivity contribution < 1.29 is 4.74 Å². The van der Waals surface area contributed by atoms with Gasteiger partial charge in [0, 0.05) is 72.5 Å². The first-order valence-corrected chi connectivity index (χ1v) is 27.2. The third kappa shape index (κ3) is 6.00. The molecule has 15 rings (SSSR count). The highest BCUT2D eigenvalue weighted by Crippen LogP contribution is 2.53. The number of hydrogen-bond donors (Lipinski definition) is 0. The lowest BCUT2D eigenvalue weighted by Gasteiger charge is -2.46. The van der Waals surface area contributed by atoms with Crippen molar-refractivity contribution in [2.45, 2.75) is 103 Å². The summed E-state index contributed by atoms with van der Waals surface area (Å²) < 4.78 is 9.44. The third-order valence-electron chi connectivity index (χ3n) is 18.1. The minimum absolute atomic E-state index is 0.0170. The second-order valence-corrected chi connectivity index (χ2v) is 25.3. The standard InChI is InChI=1S/C64H57B2N5OS/c1-61(2)28-30-63(5,6)44-34-39(22-24-42(44)61)69-49-26-32-67-59-55(49)66(58-57(41-18-12-15-21-54(41)73-58)71(59)38-16-10-9-11-17-38)48-36-47-51(37-52(48)69)70(40-23-25-43-45(35-40)64(7,8)31-29-62(43,3)4)50-27-33-68-60-56(50)65(47)46-19-13-14-20-53(46)72-60/h9-27,32-37H,28-31H2,1-8H3. The lowest BCUT2D eigenvalue weighted by Crippen LogP contribution is -2.64. The molecule has 6 aromatic carbocycles. The summed E-state index contributed by atoms with van der Waals surface area (Å²) >= 11 is 1.93. The first-order valence-electron chi connectivity index (χ1n) is 26.4. The Kier molecular flexibility index (Phi) is 8.81. The van der Waals surface area contributed by atoms with Gasteiger partial charge < -0.3 is 14.5 Å². The second-order valence-electron chi connectivity index (χ2n) is 24.2. The van der Waals surface area contributed by atoms with Crippen molar-refractivity contribution in [3.05, 3.63) is 174 Å².